The highest BCUT2D eigenvalue weighted by Crippen LogP contribution is 2.30. The fourth-order valence-corrected chi connectivity index (χ4v) is 3.89. The summed E-state index contributed by atoms with van der Waals surface area (Å²) >= 11 is 0. The Morgan fingerprint density at radius 3 is 2.62 bits per heavy atom. The third-order valence-electron chi connectivity index (χ3n) is 5.69. The Hall–Kier alpha value is -2.46. The maximum Gasteiger partial charge on any atom is 0.416 e. The number of aliphatic imine (C=N–C) groups is 1. The highest BCUT2D eigenvalue weighted by molar-refractivity contribution is 14.0. The van der Waals surface area contributed by atoms with Gasteiger partial charge in [-0.15, -0.1) is 24.0 Å². The zero-order valence-electron chi connectivity index (χ0n) is 18.5. The number of hydrogen-bond donors (Lipinski definition) is 1. The molecule has 1 fully saturated rings. The number of carbonyl (C=O) groups is 2. The minimum absolute atomic E-state index is 0. The van der Waals surface area contributed by atoms with Gasteiger partial charge in [-0.05, 0) is 42.9 Å². The molecule has 1 aliphatic heterocycles. The van der Waals surface area contributed by atoms with Crippen molar-refractivity contribution in [1.29, 1.82) is 0 Å². The molecule has 8 heteroatoms. The monoisotopic (exact) mass is 551 g/mol. The number of halogens is 1. The van der Waals surface area contributed by atoms with Crippen LogP contribution in [0.5, 0.6) is 0 Å². The van der Waals surface area contributed by atoms with Crippen molar-refractivity contribution in [2.45, 2.75) is 38.3 Å². The van der Waals surface area contributed by atoms with E-state index < -0.39 is 12.0 Å². The number of quaternary nitrogens is 1. The minimum atomic E-state index is -0.487. The number of aryl methyl sites for hydroxylation is 1. The van der Waals surface area contributed by atoms with Crippen LogP contribution in [0.2, 0.25) is 0 Å². The molecule has 0 aliphatic carbocycles. The number of hydrogen-bond acceptors (Lipinski definition) is 4. The van der Waals surface area contributed by atoms with Gasteiger partial charge in [-0.2, -0.15) is 0 Å². The van der Waals surface area contributed by atoms with Crippen LogP contribution in [0.25, 0.3) is 11.1 Å². The minimum Gasteiger partial charge on any atom is -0.864 e. The normalized spacial score (nSPS) is 17.4. The molecule has 2 amide bonds. The predicted molar refractivity (Wildman–Crippen MR) is 134 cm³/mol. The molecule has 3 rings (SSSR count). The molecule has 2 aromatic rings. The van der Waals surface area contributed by atoms with E-state index >= 15 is 0 Å². The molecule has 32 heavy (non-hydrogen) atoms. The molecular weight excluding hydrogens is 521 g/mol. The second-order valence-corrected chi connectivity index (χ2v) is 8.36. The van der Waals surface area contributed by atoms with E-state index in [1.807, 2.05) is 48.5 Å². The van der Waals surface area contributed by atoms with Crippen molar-refractivity contribution in [3.8, 4) is 11.1 Å². The molecule has 172 valence electrons. The smallest absolute Gasteiger partial charge is 0.416 e. The summed E-state index contributed by atoms with van der Waals surface area (Å²) in [5.41, 5.74) is 3.31. The molecule has 2 aromatic carbocycles. The van der Waals surface area contributed by atoms with Crippen LogP contribution in [-0.4, -0.2) is 49.8 Å². The van der Waals surface area contributed by atoms with Crippen LogP contribution in [0.1, 0.15) is 31.2 Å². The average molecular weight is 551 g/mol. The molecule has 1 saturated heterocycles. The van der Waals surface area contributed by atoms with Crippen molar-refractivity contribution in [2.24, 2.45) is 4.99 Å². The van der Waals surface area contributed by atoms with Crippen molar-refractivity contribution in [1.82, 2.24) is 0 Å². The Labute approximate surface area is 206 Å². The van der Waals surface area contributed by atoms with Gasteiger partial charge in [0.2, 0.25) is 12.1 Å². The summed E-state index contributed by atoms with van der Waals surface area (Å²) in [4.78, 5) is 27.6. The van der Waals surface area contributed by atoms with Gasteiger partial charge in [-0.25, -0.2) is 9.79 Å². The lowest BCUT2D eigenvalue weighted by Gasteiger charge is -2.40. The summed E-state index contributed by atoms with van der Waals surface area (Å²) in [6, 6.07) is 15.4. The molecule has 0 spiro atoms. The fourth-order valence-electron chi connectivity index (χ4n) is 3.89. The Bertz CT molecular complexity index is 948. The first-order chi connectivity index (χ1) is 14.9. The number of ether oxygens (including phenoxy) is 1. The maximum atomic E-state index is 12.8. The van der Waals surface area contributed by atoms with Crippen LogP contribution >= 0.6 is 24.0 Å². The highest BCUT2D eigenvalue weighted by atomic mass is 127. The van der Waals surface area contributed by atoms with Crippen LogP contribution in [0.15, 0.2) is 53.5 Å². The van der Waals surface area contributed by atoms with E-state index in [2.05, 4.69) is 24.4 Å². The average Bonchev–Trinajstić information content (AvgIpc) is 2.75. The summed E-state index contributed by atoms with van der Waals surface area (Å²) in [5.74, 6) is -0.464. The number of rotatable bonds is 6. The van der Waals surface area contributed by atoms with E-state index in [0.29, 0.717) is 16.6 Å². The summed E-state index contributed by atoms with van der Waals surface area (Å²) < 4.78 is 6.44. The van der Waals surface area contributed by atoms with Gasteiger partial charge in [-0.1, -0.05) is 42.5 Å². The Morgan fingerprint density at radius 2 is 1.94 bits per heavy atom. The van der Waals surface area contributed by atoms with E-state index in [0.717, 1.165) is 42.5 Å². The number of carbonyl (C=O) groups excluding carboxylic acids is 2. The third kappa shape index (κ3) is 7.03. The van der Waals surface area contributed by atoms with Gasteiger partial charge in [0.1, 0.15) is 0 Å². The van der Waals surface area contributed by atoms with Crippen LogP contribution in [0.3, 0.4) is 0 Å². The molecule has 1 heterocycles. The maximum absolute atomic E-state index is 12.8. The Kier molecular flexibility index (Phi) is 9.64. The van der Waals surface area contributed by atoms with E-state index in [4.69, 9.17) is 4.74 Å². The van der Waals surface area contributed by atoms with Crippen molar-refractivity contribution < 1.29 is 23.9 Å². The summed E-state index contributed by atoms with van der Waals surface area (Å²) in [5, 5.41) is 13.3. The van der Waals surface area contributed by atoms with Gasteiger partial charge in [0.25, 0.3) is 0 Å². The molecule has 1 unspecified atom stereocenters. The number of anilines is 1. The predicted octanol–water partition coefficient (Wildman–Crippen LogP) is 3.95. The van der Waals surface area contributed by atoms with Gasteiger partial charge in [-0.3, -0.25) is 14.6 Å². The number of nitrogens with one attached hydrogen (secondary N) is 1. The first kappa shape index (κ1) is 25.8. The van der Waals surface area contributed by atoms with E-state index in [9.17, 15) is 14.7 Å². The SMILES string of the molecule is C[N+]1(C)CCCCC1OC(=O)Nc1cc(CCC(=O)N=C[O-])ccc1-c1ccccc1.I. The van der Waals surface area contributed by atoms with E-state index in [-0.39, 0.29) is 43.0 Å². The fraction of sp³-hybridized carbons (Fsp3) is 0.375. The van der Waals surface area contributed by atoms with Gasteiger partial charge < -0.3 is 9.84 Å². The van der Waals surface area contributed by atoms with Crippen LogP contribution in [0.4, 0.5) is 10.5 Å². The Morgan fingerprint density at radius 1 is 1.19 bits per heavy atom. The van der Waals surface area contributed by atoms with Gasteiger partial charge in [0, 0.05) is 18.4 Å². The summed E-state index contributed by atoms with van der Waals surface area (Å²) in [6.07, 6.45) is 3.15. The van der Waals surface area contributed by atoms with Crippen LogP contribution in [-0.2, 0) is 16.0 Å². The van der Waals surface area contributed by atoms with Gasteiger partial charge >= 0.3 is 6.09 Å². The molecule has 1 N–H and O–H groups in total. The largest absolute Gasteiger partial charge is 0.864 e. The van der Waals surface area contributed by atoms with Crippen molar-refractivity contribution in [3.63, 3.8) is 0 Å². The molecule has 7 nitrogen and oxygen atoms in total. The lowest BCUT2D eigenvalue weighted by Crippen LogP contribution is -2.54. The molecule has 0 saturated carbocycles. The van der Waals surface area contributed by atoms with Gasteiger partial charge in [0.05, 0.1) is 26.3 Å². The van der Waals surface area contributed by atoms with Crippen molar-refractivity contribution in [3.05, 3.63) is 54.1 Å². The first-order valence-corrected chi connectivity index (χ1v) is 10.5. The van der Waals surface area contributed by atoms with Crippen LogP contribution < -0.4 is 10.4 Å². The highest BCUT2D eigenvalue weighted by Gasteiger charge is 2.34. The second-order valence-electron chi connectivity index (χ2n) is 8.36. The zero-order valence-corrected chi connectivity index (χ0v) is 20.8. The Balaban J connectivity index is 0.00000363. The van der Waals surface area contributed by atoms with Gasteiger partial charge in [0.15, 0.2) is 0 Å². The number of amides is 2. The van der Waals surface area contributed by atoms with Crippen molar-refractivity contribution >= 4 is 48.1 Å². The lowest BCUT2D eigenvalue weighted by molar-refractivity contribution is -0.939. The zero-order chi connectivity index (χ0) is 22.3. The summed E-state index contributed by atoms with van der Waals surface area (Å²) in [7, 11) is 4.16. The summed E-state index contributed by atoms with van der Waals surface area (Å²) in [6.45, 7) is 0.975. The standard InChI is InChI=1S/C24H29N3O4.HI/c1-27(2)15-7-6-10-23(27)31-24(30)26-21-16-18(12-14-22(29)25-17-28)11-13-20(21)19-8-4-3-5-9-19;/h3-5,8-9,11,13,16-17,23H,6-7,10,12,14-15H2,1-2H3,(H-,25,26,28,29,30);1H. The molecule has 1 atom stereocenters. The topological polar surface area (TPSA) is 90.8 Å². The van der Waals surface area contributed by atoms with Crippen molar-refractivity contribution in [2.75, 3.05) is 26.0 Å². The second kappa shape index (κ2) is 12.0. The molecule has 1 aliphatic rings. The molecule has 0 bridgehead atoms. The number of benzene rings is 2. The molecule has 0 aromatic heterocycles. The number of piperidine rings is 1. The van der Waals surface area contributed by atoms with E-state index in [1.54, 1.807) is 0 Å². The number of nitrogens with zero attached hydrogens (tertiary/aromatic N) is 2. The van der Waals surface area contributed by atoms with Crippen LogP contribution in [0, 0.1) is 0 Å². The van der Waals surface area contributed by atoms with E-state index in [1.165, 1.54) is 0 Å². The molecule has 0 radical (unpaired) electrons. The quantitative estimate of drug-likeness (QED) is 0.255. The number of likely N-dealkylation sites (tertiary alicyclic amines) is 1. The third-order valence-corrected chi connectivity index (χ3v) is 5.69. The molecular formula is C24H30IN3O4. The first-order valence-electron chi connectivity index (χ1n) is 10.5. The lowest BCUT2D eigenvalue weighted by atomic mass is 9.99.